The number of anilines is 1. The number of carboxylic acid groups (broad SMARTS) is 1. The number of hydrogen-bond acceptors (Lipinski definition) is 2. The molecular weight excluding hydrogens is 259 g/mol. The molecule has 2 rings (SSSR count). The number of alkyl halides is 3. The van der Waals surface area contributed by atoms with Crippen LogP contribution in [0, 0.1) is 0 Å². The Balaban J connectivity index is 2.30. The van der Waals surface area contributed by atoms with Crippen LogP contribution in [0.5, 0.6) is 0 Å². The molecule has 0 saturated carbocycles. The highest BCUT2D eigenvalue weighted by Crippen LogP contribution is 2.36. The largest absolute Gasteiger partial charge is 0.480 e. The molecule has 0 spiro atoms. The van der Waals surface area contributed by atoms with Crippen molar-refractivity contribution >= 4 is 11.7 Å². The topological polar surface area (TPSA) is 40.5 Å². The summed E-state index contributed by atoms with van der Waals surface area (Å²) in [4.78, 5) is 13.0. The van der Waals surface area contributed by atoms with E-state index in [2.05, 4.69) is 0 Å². The molecule has 104 valence electrons. The Hall–Kier alpha value is -1.72. The SMILES string of the molecule is C[C@@]1(C(=O)O)CCCN1c1ccc(C(F)(F)F)cc1. The molecule has 1 saturated heterocycles. The molecule has 0 amide bonds. The van der Waals surface area contributed by atoms with Gasteiger partial charge in [0.05, 0.1) is 5.56 Å². The highest BCUT2D eigenvalue weighted by atomic mass is 19.4. The van der Waals surface area contributed by atoms with Crippen LogP contribution >= 0.6 is 0 Å². The third-order valence-corrected chi connectivity index (χ3v) is 3.61. The van der Waals surface area contributed by atoms with Crippen LogP contribution in [-0.4, -0.2) is 23.2 Å². The van der Waals surface area contributed by atoms with Crippen LogP contribution in [0.3, 0.4) is 0 Å². The van der Waals surface area contributed by atoms with Crippen LogP contribution in [0.25, 0.3) is 0 Å². The minimum Gasteiger partial charge on any atom is -0.480 e. The van der Waals surface area contributed by atoms with E-state index < -0.39 is 23.2 Å². The Morgan fingerprint density at radius 1 is 1.32 bits per heavy atom. The quantitative estimate of drug-likeness (QED) is 0.899. The van der Waals surface area contributed by atoms with Crippen LogP contribution in [0.2, 0.25) is 0 Å². The van der Waals surface area contributed by atoms with Crippen molar-refractivity contribution in [1.82, 2.24) is 0 Å². The Morgan fingerprint density at radius 3 is 2.37 bits per heavy atom. The van der Waals surface area contributed by atoms with Gasteiger partial charge in [0.1, 0.15) is 5.54 Å². The van der Waals surface area contributed by atoms with Gasteiger partial charge in [-0.05, 0) is 44.0 Å². The Labute approximate surface area is 108 Å². The highest BCUT2D eigenvalue weighted by molar-refractivity contribution is 5.84. The zero-order chi connectivity index (χ0) is 14.3. The third-order valence-electron chi connectivity index (χ3n) is 3.61. The molecule has 19 heavy (non-hydrogen) atoms. The van der Waals surface area contributed by atoms with E-state index in [1.165, 1.54) is 12.1 Å². The van der Waals surface area contributed by atoms with Gasteiger partial charge < -0.3 is 10.0 Å². The normalized spacial score (nSPS) is 23.7. The second kappa shape index (κ2) is 4.43. The van der Waals surface area contributed by atoms with Gasteiger partial charge in [0, 0.05) is 12.2 Å². The number of halogens is 3. The molecule has 0 unspecified atom stereocenters. The maximum absolute atomic E-state index is 12.5. The number of benzene rings is 1. The minimum atomic E-state index is -4.38. The highest BCUT2D eigenvalue weighted by Gasteiger charge is 2.43. The number of carbonyl (C=O) groups is 1. The molecule has 0 aromatic heterocycles. The molecule has 1 heterocycles. The summed E-state index contributed by atoms with van der Waals surface area (Å²) in [6, 6.07) is 4.62. The predicted molar refractivity (Wildman–Crippen MR) is 64.1 cm³/mol. The van der Waals surface area contributed by atoms with Crippen LogP contribution in [0.15, 0.2) is 24.3 Å². The third kappa shape index (κ3) is 2.39. The molecule has 1 aliphatic heterocycles. The number of carboxylic acids is 1. The molecule has 1 atom stereocenters. The lowest BCUT2D eigenvalue weighted by molar-refractivity contribution is -0.142. The molecule has 6 heteroatoms. The molecule has 1 aromatic rings. The fourth-order valence-corrected chi connectivity index (χ4v) is 2.43. The summed E-state index contributed by atoms with van der Waals surface area (Å²) in [6.07, 6.45) is -3.17. The van der Waals surface area contributed by atoms with Gasteiger partial charge in [-0.2, -0.15) is 13.2 Å². The van der Waals surface area contributed by atoms with Crippen molar-refractivity contribution in [2.75, 3.05) is 11.4 Å². The van der Waals surface area contributed by atoms with Crippen molar-refractivity contribution in [2.45, 2.75) is 31.5 Å². The first kappa shape index (κ1) is 13.7. The molecule has 1 aliphatic rings. The maximum Gasteiger partial charge on any atom is 0.416 e. The van der Waals surface area contributed by atoms with Crippen molar-refractivity contribution in [3.8, 4) is 0 Å². The molecule has 1 fully saturated rings. The summed E-state index contributed by atoms with van der Waals surface area (Å²) >= 11 is 0. The Morgan fingerprint density at radius 2 is 1.89 bits per heavy atom. The van der Waals surface area contributed by atoms with Crippen molar-refractivity contribution in [3.05, 3.63) is 29.8 Å². The van der Waals surface area contributed by atoms with Gasteiger partial charge in [-0.1, -0.05) is 0 Å². The molecule has 0 bridgehead atoms. The number of aliphatic carboxylic acids is 1. The van der Waals surface area contributed by atoms with E-state index in [0.717, 1.165) is 12.1 Å². The number of nitrogens with zero attached hydrogens (tertiary/aromatic N) is 1. The van der Waals surface area contributed by atoms with Crippen molar-refractivity contribution < 1.29 is 23.1 Å². The van der Waals surface area contributed by atoms with E-state index in [9.17, 15) is 23.1 Å². The van der Waals surface area contributed by atoms with E-state index in [-0.39, 0.29) is 0 Å². The average molecular weight is 273 g/mol. The lowest BCUT2D eigenvalue weighted by Crippen LogP contribution is -2.48. The average Bonchev–Trinajstić information content (AvgIpc) is 2.72. The first-order valence-electron chi connectivity index (χ1n) is 5.93. The van der Waals surface area contributed by atoms with Gasteiger partial charge in [0.25, 0.3) is 0 Å². The van der Waals surface area contributed by atoms with Crippen LogP contribution in [0.1, 0.15) is 25.3 Å². The molecule has 1 aromatic carbocycles. The summed E-state index contributed by atoms with van der Waals surface area (Å²) in [5.74, 6) is -0.954. The van der Waals surface area contributed by atoms with Gasteiger partial charge in [-0.15, -0.1) is 0 Å². The number of hydrogen-bond donors (Lipinski definition) is 1. The lowest BCUT2D eigenvalue weighted by Gasteiger charge is -2.33. The van der Waals surface area contributed by atoms with E-state index in [0.29, 0.717) is 25.1 Å². The fourth-order valence-electron chi connectivity index (χ4n) is 2.43. The Bertz CT molecular complexity index is 484. The van der Waals surface area contributed by atoms with E-state index in [1.807, 2.05) is 0 Å². The molecule has 3 nitrogen and oxygen atoms in total. The standard InChI is InChI=1S/C13H14F3NO2/c1-12(11(18)19)7-2-8-17(12)10-5-3-9(4-6-10)13(14,15)16/h3-6H,2,7-8H2,1H3,(H,18,19)/t12-/m0/s1. The second-order valence-corrected chi connectivity index (χ2v) is 4.88. The zero-order valence-corrected chi connectivity index (χ0v) is 10.4. The monoisotopic (exact) mass is 273 g/mol. The van der Waals surface area contributed by atoms with Crippen molar-refractivity contribution in [1.29, 1.82) is 0 Å². The van der Waals surface area contributed by atoms with Gasteiger partial charge >= 0.3 is 12.1 Å². The molecule has 0 radical (unpaired) electrons. The van der Waals surface area contributed by atoms with Crippen LogP contribution in [0.4, 0.5) is 18.9 Å². The zero-order valence-electron chi connectivity index (χ0n) is 10.4. The van der Waals surface area contributed by atoms with Gasteiger partial charge in [0.2, 0.25) is 0 Å². The summed E-state index contributed by atoms with van der Waals surface area (Å²) in [5.41, 5.74) is -1.26. The smallest absolute Gasteiger partial charge is 0.416 e. The van der Waals surface area contributed by atoms with Gasteiger partial charge in [-0.25, -0.2) is 4.79 Å². The Kier molecular flexibility index (Phi) is 3.20. The number of rotatable bonds is 2. The first-order valence-corrected chi connectivity index (χ1v) is 5.93. The lowest BCUT2D eigenvalue weighted by atomic mass is 9.98. The van der Waals surface area contributed by atoms with Gasteiger partial charge in [-0.3, -0.25) is 0 Å². The summed E-state index contributed by atoms with van der Waals surface area (Å²) in [5, 5.41) is 9.27. The van der Waals surface area contributed by atoms with E-state index >= 15 is 0 Å². The van der Waals surface area contributed by atoms with Crippen LogP contribution in [-0.2, 0) is 11.0 Å². The second-order valence-electron chi connectivity index (χ2n) is 4.88. The summed E-state index contributed by atoms with van der Waals surface area (Å²) < 4.78 is 37.4. The molecular formula is C13H14F3NO2. The fraction of sp³-hybridized carbons (Fsp3) is 0.462. The van der Waals surface area contributed by atoms with E-state index in [1.54, 1.807) is 11.8 Å². The first-order chi connectivity index (χ1) is 8.75. The summed E-state index contributed by atoms with van der Waals surface area (Å²) in [7, 11) is 0. The molecule has 1 N–H and O–H groups in total. The van der Waals surface area contributed by atoms with E-state index in [4.69, 9.17) is 0 Å². The van der Waals surface area contributed by atoms with Crippen molar-refractivity contribution in [2.24, 2.45) is 0 Å². The predicted octanol–water partition coefficient (Wildman–Crippen LogP) is 3.15. The van der Waals surface area contributed by atoms with Crippen molar-refractivity contribution in [3.63, 3.8) is 0 Å². The minimum absolute atomic E-state index is 0.489. The maximum atomic E-state index is 12.5. The van der Waals surface area contributed by atoms with Crippen LogP contribution < -0.4 is 4.90 Å². The summed E-state index contributed by atoms with van der Waals surface area (Å²) in [6.45, 7) is 2.13. The molecule has 0 aliphatic carbocycles. The van der Waals surface area contributed by atoms with Gasteiger partial charge in [0.15, 0.2) is 0 Å².